The zero-order valence-electron chi connectivity index (χ0n) is 10.8. The zero-order valence-corrected chi connectivity index (χ0v) is 12.4. The van der Waals surface area contributed by atoms with Gasteiger partial charge in [0.15, 0.2) is 0 Å². The van der Waals surface area contributed by atoms with Gasteiger partial charge in [0, 0.05) is 30.2 Å². The number of hydrogen-bond acceptors (Lipinski definition) is 3. The Morgan fingerprint density at radius 2 is 2.00 bits per heavy atom. The maximum absolute atomic E-state index is 5.35. The maximum Gasteiger partial charge on any atom is 0.123 e. The Morgan fingerprint density at radius 1 is 1.29 bits per heavy atom. The van der Waals surface area contributed by atoms with Crippen molar-refractivity contribution in [2.75, 3.05) is 20.8 Å². The summed E-state index contributed by atoms with van der Waals surface area (Å²) in [5.41, 5.74) is 0.980. The summed E-state index contributed by atoms with van der Waals surface area (Å²) in [4.78, 5) is 0. The predicted molar refractivity (Wildman–Crippen MR) is 73.5 cm³/mol. The van der Waals surface area contributed by atoms with E-state index in [2.05, 4.69) is 41.2 Å². The first-order valence-corrected chi connectivity index (χ1v) is 6.36. The van der Waals surface area contributed by atoms with Crippen LogP contribution in [-0.2, 0) is 11.3 Å². The van der Waals surface area contributed by atoms with Crippen LogP contribution in [0.2, 0.25) is 0 Å². The molecular weight excluding hydrogens is 282 g/mol. The molecule has 0 heterocycles. The molecule has 17 heavy (non-hydrogen) atoms. The molecule has 0 aliphatic carbocycles. The standard InChI is InChI=1S/C13H20BrNO2/c1-13(2,17-4)9-15-8-10-7-11(14)5-6-12(10)16-3/h5-7,15H,8-9H2,1-4H3. The average molecular weight is 302 g/mol. The van der Waals surface area contributed by atoms with Crippen molar-refractivity contribution in [2.45, 2.75) is 26.0 Å². The molecule has 0 radical (unpaired) electrons. The second-order valence-corrected chi connectivity index (χ2v) is 5.44. The first-order valence-electron chi connectivity index (χ1n) is 5.57. The van der Waals surface area contributed by atoms with E-state index in [1.807, 2.05) is 12.1 Å². The number of rotatable bonds is 6. The van der Waals surface area contributed by atoms with Crippen LogP contribution in [-0.4, -0.2) is 26.4 Å². The number of ether oxygens (including phenoxy) is 2. The van der Waals surface area contributed by atoms with E-state index in [1.54, 1.807) is 14.2 Å². The van der Waals surface area contributed by atoms with Crippen LogP contribution in [0.3, 0.4) is 0 Å². The molecular formula is C13H20BrNO2. The van der Waals surface area contributed by atoms with Gasteiger partial charge in [-0.1, -0.05) is 15.9 Å². The van der Waals surface area contributed by atoms with Crippen LogP contribution >= 0.6 is 15.9 Å². The molecule has 0 saturated heterocycles. The third-order valence-electron chi connectivity index (χ3n) is 2.66. The second-order valence-electron chi connectivity index (χ2n) is 4.52. The number of halogens is 1. The van der Waals surface area contributed by atoms with Crippen LogP contribution in [0.25, 0.3) is 0 Å². The highest BCUT2D eigenvalue weighted by atomic mass is 79.9. The number of nitrogens with one attached hydrogen (secondary N) is 1. The Hall–Kier alpha value is -0.580. The molecule has 0 bridgehead atoms. The van der Waals surface area contributed by atoms with E-state index in [0.29, 0.717) is 0 Å². The van der Waals surface area contributed by atoms with Gasteiger partial charge in [-0.3, -0.25) is 0 Å². The second kappa shape index (κ2) is 6.38. The van der Waals surface area contributed by atoms with Crippen molar-refractivity contribution in [2.24, 2.45) is 0 Å². The fourth-order valence-corrected chi connectivity index (χ4v) is 1.86. The van der Waals surface area contributed by atoms with Gasteiger partial charge in [-0.2, -0.15) is 0 Å². The summed E-state index contributed by atoms with van der Waals surface area (Å²) in [6, 6.07) is 6.00. The van der Waals surface area contributed by atoms with Crippen LogP contribution in [0.5, 0.6) is 5.75 Å². The highest BCUT2D eigenvalue weighted by molar-refractivity contribution is 9.10. The molecule has 0 atom stereocenters. The smallest absolute Gasteiger partial charge is 0.123 e. The third kappa shape index (κ3) is 4.66. The van der Waals surface area contributed by atoms with Crippen molar-refractivity contribution in [1.82, 2.24) is 5.32 Å². The van der Waals surface area contributed by atoms with Gasteiger partial charge < -0.3 is 14.8 Å². The fourth-order valence-electron chi connectivity index (χ4n) is 1.46. The van der Waals surface area contributed by atoms with Gasteiger partial charge in [-0.05, 0) is 32.0 Å². The number of hydrogen-bond donors (Lipinski definition) is 1. The molecule has 3 nitrogen and oxygen atoms in total. The lowest BCUT2D eigenvalue weighted by Crippen LogP contribution is -2.36. The minimum Gasteiger partial charge on any atom is -0.496 e. The lowest BCUT2D eigenvalue weighted by molar-refractivity contribution is 0.0230. The molecule has 1 aromatic rings. The molecule has 96 valence electrons. The normalized spacial score (nSPS) is 11.6. The molecule has 1 rings (SSSR count). The van der Waals surface area contributed by atoms with Gasteiger partial charge in [-0.15, -0.1) is 0 Å². The van der Waals surface area contributed by atoms with Crippen LogP contribution in [0.4, 0.5) is 0 Å². The average Bonchev–Trinajstić information content (AvgIpc) is 2.29. The highest BCUT2D eigenvalue weighted by Gasteiger charge is 2.15. The van der Waals surface area contributed by atoms with E-state index in [9.17, 15) is 0 Å². The minimum absolute atomic E-state index is 0.154. The van der Waals surface area contributed by atoms with E-state index >= 15 is 0 Å². The van der Waals surface area contributed by atoms with Gasteiger partial charge in [-0.25, -0.2) is 0 Å². The summed E-state index contributed by atoms with van der Waals surface area (Å²) in [6.07, 6.45) is 0. The molecule has 1 aromatic carbocycles. The molecule has 0 unspecified atom stereocenters. The molecule has 0 saturated carbocycles. The molecule has 4 heteroatoms. The Morgan fingerprint density at radius 3 is 2.59 bits per heavy atom. The Labute approximate surface area is 112 Å². The fraction of sp³-hybridized carbons (Fsp3) is 0.538. The van der Waals surface area contributed by atoms with E-state index in [1.165, 1.54) is 0 Å². The van der Waals surface area contributed by atoms with Crippen molar-refractivity contribution >= 4 is 15.9 Å². The summed E-state index contributed by atoms with van der Waals surface area (Å²) < 4.78 is 11.7. The van der Waals surface area contributed by atoms with E-state index in [0.717, 1.165) is 28.9 Å². The van der Waals surface area contributed by atoms with Crippen molar-refractivity contribution in [3.05, 3.63) is 28.2 Å². The molecule has 0 amide bonds. The van der Waals surface area contributed by atoms with Gasteiger partial charge in [0.25, 0.3) is 0 Å². The molecule has 0 spiro atoms. The monoisotopic (exact) mass is 301 g/mol. The van der Waals surface area contributed by atoms with Crippen LogP contribution < -0.4 is 10.1 Å². The van der Waals surface area contributed by atoms with Crippen molar-refractivity contribution < 1.29 is 9.47 Å². The van der Waals surface area contributed by atoms with Crippen LogP contribution in [0.15, 0.2) is 22.7 Å². The summed E-state index contributed by atoms with van der Waals surface area (Å²) in [5, 5.41) is 3.37. The summed E-state index contributed by atoms with van der Waals surface area (Å²) in [6.45, 7) is 5.66. The van der Waals surface area contributed by atoms with Crippen LogP contribution in [0.1, 0.15) is 19.4 Å². The number of methoxy groups -OCH3 is 2. The first-order chi connectivity index (χ1) is 7.98. The molecule has 0 aromatic heterocycles. The molecule has 1 N–H and O–H groups in total. The van der Waals surface area contributed by atoms with Gasteiger partial charge >= 0.3 is 0 Å². The van der Waals surface area contributed by atoms with Gasteiger partial charge in [0.1, 0.15) is 5.75 Å². The highest BCUT2D eigenvalue weighted by Crippen LogP contribution is 2.22. The lowest BCUT2D eigenvalue weighted by Gasteiger charge is -2.23. The van der Waals surface area contributed by atoms with E-state index in [4.69, 9.17) is 9.47 Å². The van der Waals surface area contributed by atoms with Gasteiger partial charge in [0.05, 0.1) is 12.7 Å². The summed E-state index contributed by atoms with van der Waals surface area (Å²) in [7, 11) is 3.41. The maximum atomic E-state index is 5.35. The summed E-state index contributed by atoms with van der Waals surface area (Å²) >= 11 is 3.46. The Bertz CT molecular complexity index is 366. The first kappa shape index (κ1) is 14.5. The summed E-state index contributed by atoms with van der Waals surface area (Å²) in [5.74, 6) is 0.899. The molecule has 0 fully saturated rings. The van der Waals surface area contributed by atoms with Crippen LogP contribution in [0, 0.1) is 0 Å². The quantitative estimate of drug-likeness (QED) is 0.876. The zero-order chi connectivity index (χ0) is 12.9. The Balaban J connectivity index is 2.59. The van der Waals surface area contributed by atoms with E-state index in [-0.39, 0.29) is 5.60 Å². The molecule has 0 aliphatic rings. The van der Waals surface area contributed by atoms with E-state index < -0.39 is 0 Å². The minimum atomic E-state index is -0.154. The van der Waals surface area contributed by atoms with Crippen molar-refractivity contribution in [3.8, 4) is 5.75 Å². The lowest BCUT2D eigenvalue weighted by atomic mass is 10.1. The van der Waals surface area contributed by atoms with Crippen molar-refractivity contribution in [3.63, 3.8) is 0 Å². The Kier molecular flexibility index (Phi) is 5.43. The van der Waals surface area contributed by atoms with Gasteiger partial charge in [0.2, 0.25) is 0 Å². The molecule has 0 aliphatic heterocycles. The largest absolute Gasteiger partial charge is 0.496 e. The third-order valence-corrected chi connectivity index (χ3v) is 3.15. The SMILES string of the molecule is COc1ccc(Br)cc1CNCC(C)(C)OC. The topological polar surface area (TPSA) is 30.5 Å². The van der Waals surface area contributed by atoms with Crippen molar-refractivity contribution in [1.29, 1.82) is 0 Å². The predicted octanol–water partition coefficient (Wildman–Crippen LogP) is 2.97. The number of benzene rings is 1.